The molecule has 0 saturated heterocycles. The van der Waals surface area contributed by atoms with E-state index in [2.05, 4.69) is 31.3 Å². The van der Waals surface area contributed by atoms with Gasteiger partial charge in [-0.1, -0.05) is 50.2 Å². The molecule has 0 fully saturated rings. The molecule has 7 heteroatoms. The summed E-state index contributed by atoms with van der Waals surface area (Å²) in [5.74, 6) is 0.209. The van der Waals surface area contributed by atoms with Crippen molar-refractivity contribution in [1.29, 1.82) is 0 Å². The molecule has 0 aliphatic carbocycles. The van der Waals surface area contributed by atoms with E-state index in [-0.39, 0.29) is 23.9 Å². The lowest BCUT2D eigenvalue weighted by atomic mass is 9.79. The third-order valence-electron chi connectivity index (χ3n) is 4.88. The Morgan fingerprint density at radius 1 is 1.13 bits per heavy atom. The Balaban J connectivity index is 2.08. The molecular weight excluding hydrogens is 400 g/mol. The number of nitrogens with one attached hydrogen (secondary N) is 1. The minimum Gasteiger partial charge on any atom is -0.494 e. The first-order valence-electron chi connectivity index (χ1n) is 10.1. The van der Waals surface area contributed by atoms with Crippen LogP contribution in [-0.4, -0.2) is 39.8 Å². The van der Waals surface area contributed by atoms with Gasteiger partial charge in [0.15, 0.2) is 0 Å². The van der Waals surface area contributed by atoms with E-state index < -0.39 is 10.0 Å². The molecule has 30 heavy (non-hydrogen) atoms. The summed E-state index contributed by atoms with van der Waals surface area (Å²) in [7, 11) is -3.64. The van der Waals surface area contributed by atoms with Crippen LogP contribution in [0.1, 0.15) is 39.7 Å². The zero-order chi connectivity index (χ0) is 22.4. The van der Waals surface area contributed by atoms with Crippen LogP contribution in [-0.2, 0) is 20.2 Å². The van der Waals surface area contributed by atoms with E-state index in [1.165, 1.54) is 5.56 Å². The van der Waals surface area contributed by atoms with Crippen molar-refractivity contribution in [3.05, 3.63) is 60.2 Å². The molecule has 2 aromatic rings. The standard InChI is InChI=1S/C23H32N2O4S/c1-6-29-21-14-10-13-20(15-21)25(30(5,27)28)17-22(26)24-18(2)16-23(3,4)19-11-8-7-9-12-19/h7-15,18H,6,16-17H2,1-5H3,(H,24,26). The molecule has 0 saturated carbocycles. The van der Waals surface area contributed by atoms with E-state index in [4.69, 9.17) is 4.74 Å². The Labute approximate surface area is 180 Å². The highest BCUT2D eigenvalue weighted by atomic mass is 32.2. The highest BCUT2D eigenvalue weighted by Gasteiger charge is 2.26. The van der Waals surface area contributed by atoms with Gasteiger partial charge in [0.2, 0.25) is 15.9 Å². The van der Waals surface area contributed by atoms with E-state index in [1.54, 1.807) is 24.3 Å². The van der Waals surface area contributed by atoms with Crippen molar-refractivity contribution in [1.82, 2.24) is 5.32 Å². The number of hydrogen-bond donors (Lipinski definition) is 1. The molecule has 2 aromatic carbocycles. The van der Waals surface area contributed by atoms with Crippen LogP contribution in [0.4, 0.5) is 5.69 Å². The molecule has 0 bridgehead atoms. The van der Waals surface area contributed by atoms with Crippen LogP contribution in [0, 0.1) is 0 Å². The fourth-order valence-electron chi connectivity index (χ4n) is 3.57. The Kier molecular flexibility index (Phi) is 7.89. The minimum absolute atomic E-state index is 0.121. The molecule has 1 amide bonds. The maximum Gasteiger partial charge on any atom is 0.240 e. The lowest BCUT2D eigenvalue weighted by molar-refractivity contribution is -0.120. The molecule has 1 atom stereocenters. The molecule has 0 aromatic heterocycles. The summed E-state index contributed by atoms with van der Waals surface area (Å²) in [5.41, 5.74) is 1.46. The summed E-state index contributed by atoms with van der Waals surface area (Å²) < 4.78 is 31.2. The van der Waals surface area contributed by atoms with E-state index in [0.717, 1.165) is 17.0 Å². The van der Waals surface area contributed by atoms with Crippen molar-refractivity contribution >= 4 is 21.6 Å². The van der Waals surface area contributed by atoms with E-state index in [0.29, 0.717) is 18.0 Å². The quantitative estimate of drug-likeness (QED) is 0.621. The Morgan fingerprint density at radius 3 is 2.40 bits per heavy atom. The monoisotopic (exact) mass is 432 g/mol. The van der Waals surface area contributed by atoms with Crippen LogP contribution in [0.3, 0.4) is 0 Å². The maximum atomic E-state index is 12.7. The summed E-state index contributed by atoms with van der Waals surface area (Å²) in [6, 6.07) is 16.7. The average molecular weight is 433 g/mol. The number of rotatable bonds is 10. The smallest absolute Gasteiger partial charge is 0.240 e. The number of amides is 1. The van der Waals surface area contributed by atoms with Crippen molar-refractivity contribution in [2.24, 2.45) is 0 Å². The molecule has 0 aliphatic heterocycles. The van der Waals surface area contributed by atoms with Crippen molar-refractivity contribution in [2.45, 2.75) is 45.6 Å². The average Bonchev–Trinajstić information content (AvgIpc) is 2.66. The number of nitrogens with zero attached hydrogens (tertiary/aromatic N) is 1. The Hall–Kier alpha value is -2.54. The SMILES string of the molecule is CCOc1cccc(N(CC(=O)NC(C)CC(C)(C)c2ccccc2)S(C)(=O)=O)c1. The summed E-state index contributed by atoms with van der Waals surface area (Å²) in [6.45, 7) is 8.23. The van der Waals surface area contributed by atoms with Crippen LogP contribution in [0.25, 0.3) is 0 Å². The van der Waals surface area contributed by atoms with Crippen molar-refractivity contribution in [3.8, 4) is 5.75 Å². The van der Waals surface area contributed by atoms with Crippen LogP contribution >= 0.6 is 0 Å². The van der Waals surface area contributed by atoms with Gasteiger partial charge in [0.1, 0.15) is 12.3 Å². The molecule has 0 radical (unpaired) electrons. The van der Waals surface area contributed by atoms with Crippen LogP contribution < -0.4 is 14.4 Å². The number of anilines is 1. The topological polar surface area (TPSA) is 75.7 Å². The highest BCUT2D eigenvalue weighted by molar-refractivity contribution is 7.92. The second-order valence-corrected chi connectivity index (χ2v) is 10.0. The first-order chi connectivity index (χ1) is 14.0. The first kappa shape index (κ1) is 23.7. The van der Waals surface area contributed by atoms with Gasteiger partial charge < -0.3 is 10.1 Å². The van der Waals surface area contributed by atoms with Crippen molar-refractivity contribution < 1.29 is 17.9 Å². The van der Waals surface area contributed by atoms with Gasteiger partial charge in [-0.3, -0.25) is 9.10 Å². The lowest BCUT2D eigenvalue weighted by Gasteiger charge is -2.30. The van der Waals surface area contributed by atoms with Gasteiger partial charge in [-0.25, -0.2) is 8.42 Å². The normalized spacial score (nSPS) is 12.8. The number of carbonyl (C=O) groups is 1. The van der Waals surface area contributed by atoms with Crippen molar-refractivity contribution in [3.63, 3.8) is 0 Å². The summed E-state index contributed by atoms with van der Waals surface area (Å²) >= 11 is 0. The van der Waals surface area contributed by atoms with Gasteiger partial charge in [-0.15, -0.1) is 0 Å². The molecule has 1 unspecified atom stereocenters. The molecule has 0 heterocycles. The second-order valence-electron chi connectivity index (χ2n) is 8.12. The fraction of sp³-hybridized carbons (Fsp3) is 0.435. The number of hydrogen-bond acceptors (Lipinski definition) is 4. The summed E-state index contributed by atoms with van der Waals surface area (Å²) in [6.07, 6.45) is 1.82. The van der Waals surface area contributed by atoms with E-state index in [1.807, 2.05) is 32.0 Å². The predicted molar refractivity (Wildman–Crippen MR) is 121 cm³/mol. The second kappa shape index (κ2) is 9.98. The molecular formula is C23H32N2O4S. The van der Waals surface area contributed by atoms with Gasteiger partial charge in [-0.2, -0.15) is 0 Å². The van der Waals surface area contributed by atoms with Crippen molar-refractivity contribution in [2.75, 3.05) is 23.7 Å². The fourth-order valence-corrected chi connectivity index (χ4v) is 4.42. The number of carbonyl (C=O) groups excluding carboxylic acids is 1. The minimum atomic E-state index is -3.64. The largest absolute Gasteiger partial charge is 0.494 e. The number of sulfonamides is 1. The zero-order valence-electron chi connectivity index (χ0n) is 18.4. The van der Waals surface area contributed by atoms with Gasteiger partial charge in [0.25, 0.3) is 0 Å². The summed E-state index contributed by atoms with van der Waals surface area (Å²) in [5, 5.41) is 2.94. The molecule has 164 valence electrons. The highest BCUT2D eigenvalue weighted by Crippen LogP contribution is 2.28. The molecule has 2 rings (SSSR count). The molecule has 0 spiro atoms. The maximum absolute atomic E-state index is 12.7. The van der Waals surface area contributed by atoms with Gasteiger partial charge >= 0.3 is 0 Å². The molecule has 0 aliphatic rings. The predicted octanol–water partition coefficient (Wildman–Crippen LogP) is 3.72. The molecule has 6 nitrogen and oxygen atoms in total. The Morgan fingerprint density at radius 2 is 1.80 bits per heavy atom. The lowest BCUT2D eigenvalue weighted by Crippen LogP contribution is -2.44. The first-order valence-corrected chi connectivity index (χ1v) is 11.9. The zero-order valence-corrected chi connectivity index (χ0v) is 19.2. The molecule has 1 N–H and O–H groups in total. The van der Waals surface area contributed by atoms with Crippen LogP contribution in [0.2, 0.25) is 0 Å². The third kappa shape index (κ3) is 6.76. The van der Waals surface area contributed by atoms with Gasteiger partial charge in [-0.05, 0) is 43.4 Å². The van der Waals surface area contributed by atoms with Crippen LogP contribution in [0.5, 0.6) is 5.75 Å². The Bertz CT molecular complexity index is 943. The van der Waals surface area contributed by atoms with E-state index in [9.17, 15) is 13.2 Å². The number of benzene rings is 2. The van der Waals surface area contributed by atoms with Gasteiger partial charge in [0.05, 0.1) is 18.6 Å². The van der Waals surface area contributed by atoms with Crippen LogP contribution in [0.15, 0.2) is 54.6 Å². The van der Waals surface area contributed by atoms with E-state index >= 15 is 0 Å². The van der Waals surface area contributed by atoms with Gasteiger partial charge in [0, 0.05) is 12.1 Å². The summed E-state index contributed by atoms with van der Waals surface area (Å²) in [4.78, 5) is 12.7. The third-order valence-corrected chi connectivity index (χ3v) is 6.02. The number of ether oxygens (including phenoxy) is 1.